The first-order valence-corrected chi connectivity index (χ1v) is 21.4. The van der Waals surface area contributed by atoms with Crippen LogP contribution in [0.15, 0.2) is 60.7 Å². The van der Waals surface area contributed by atoms with E-state index in [1.807, 2.05) is 60.7 Å². The second kappa shape index (κ2) is 21.7. The first kappa shape index (κ1) is 49.7. The van der Waals surface area contributed by atoms with Crippen molar-refractivity contribution in [3.05, 3.63) is 71.8 Å². The maximum absolute atomic E-state index is 13.1. The lowest BCUT2D eigenvalue weighted by Gasteiger charge is -2.49. The maximum Gasteiger partial charge on any atom is 0.223 e. The fourth-order valence-electron chi connectivity index (χ4n) is 8.19. The van der Waals surface area contributed by atoms with Crippen molar-refractivity contribution in [1.82, 2.24) is 5.32 Å². The van der Waals surface area contributed by atoms with Gasteiger partial charge in [0.2, 0.25) is 5.91 Å². The van der Waals surface area contributed by atoms with Crippen molar-refractivity contribution in [2.75, 3.05) is 7.11 Å². The number of methoxy groups -OCH3 is 1. The lowest BCUT2D eigenvalue weighted by molar-refractivity contribution is -0.388. The molecule has 6 rings (SSSR count). The third-order valence-corrected chi connectivity index (χ3v) is 11.8. The molecule has 0 spiro atoms. The van der Waals surface area contributed by atoms with Gasteiger partial charge < -0.3 is 88.4 Å². The van der Waals surface area contributed by atoms with Gasteiger partial charge in [-0.25, -0.2) is 0 Å². The number of nitrogens with one attached hydrogen (secondary N) is 1. The third-order valence-electron chi connectivity index (χ3n) is 11.8. The average Bonchev–Trinajstić information content (AvgIpc) is 3.24. The molecule has 4 heterocycles. The number of amides is 1. The normalized spacial score (nSPS) is 41.2. The summed E-state index contributed by atoms with van der Waals surface area (Å²) in [6.07, 6.45) is -25.4. The Balaban J connectivity index is 1.17. The van der Waals surface area contributed by atoms with Crippen molar-refractivity contribution in [2.45, 2.75) is 190 Å². The van der Waals surface area contributed by atoms with Gasteiger partial charge in [0, 0.05) is 7.11 Å². The van der Waals surface area contributed by atoms with E-state index in [0.29, 0.717) is 0 Å². The minimum Gasteiger partial charge on any atom is -0.390 e. The molecule has 63 heavy (non-hydrogen) atoms. The molecule has 0 unspecified atom stereocenters. The van der Waals surface area contributed by atoms with E-state index in [4.69, 9.17) is 47.4 Å². The number of hydrogen-bond donors (Lipinski definition) is 8. The molecule has 4 saturated heterocycles. The second-order valence-corrected chi connectivity index (χ2v) is 17.4. The minimum atomic E-state index is -1.78. The molecule has 4 fully saturated rings. The van der Waals surface area contributed by atoms with E-state index in [9.17, 15) is 40.5 Å². The first-order valence-electron chi connectivity index (χ1n) is 21.4. The number of aliphatic hydroxyl groups excluding tert-OH is 6. The van der Waals surface area contributed by atoms with E-state index in [-0.39, 0.29) is 19.6 Å². The van der Waals surface area contributed by atoms with Crippen molar-refractivity contribution in [1.29, 1.82) is 0 Å². The Hall–Kier alpha value is -2.77. The van der Waals surface area contributed by atoms with Crippen molar-refractivity contribution >= 4 is 5.91 Å². The molecule has 4 aliphatic heterocycles. The average molecular weight is 896 g/mol. The molecule has 0 bridgehead atoms. The highest BCUT2D eigenvalue weighted by molar-refractivity contribution is 5.77. The van der Waals surface area contributed by atoms with Crippen LogP contribution in [0, 0.1) is 0 Å². The van der Waals surface area contributed by atoms with Crippen LogP contribution in [0.3, 0.4) is 0 Å². The number of hydrogen-bond acceptors (Lipinski definition) is 18. The lowest BCUT2D eigenvalue weighted by Crippen LogP contribution is -2.68. The Kier molecular flexibility index (Phi) is 17.1. The highest BCUT2D eigenvalue weighted by Gasteiger charge is 2.55. The molecule has 2 aromatic rings. The molecule has 20 atom stereocenters. The van der Waals surface area contributed by atoms with Gasteiger partial charge in [0.05, 0.1) is 55.7 Å². The molecule has 0 aliphatic carbocycles. The van der Waals surface area contributed by atoms with Gasteiger partial charge in [0.25, 0.3) is 0 Å². The summed E-state index contributed by atoms with van der Waals surface area (Å²) < 4.78 is 60.6. The van der Waals surface area contributed by atoms with Crippen molar-refractivity contribution in [3.8, 4) is 0 Å². The molecule has 354 valence electrons. The zero-order valence-electron chi connectivity index (χ0n) is 36.6. The summed E-state index contributed by atoms with van der Waals surface area (Å²) in [6.45, 7) is 9.47. The molecule has 8 N–H and O–H groups in total. The van der Waals surface area contributed by atoms with Gasteiger partial charge in [-0.1, -0.05) is 60.7 Å². The maximum atomic E-state index is 13.1. The van der Waals surface area contributed by atoms with Crippen LogP contribution in [0.2, 0.25) is 0 Å². The van der Waals surface area contributed by atoms with Crippen molar-refractivity contribution < 1.29 is 87.9 Å². The molecule has 1 amide bonds. The number of carbonyl (C=O) groups excluding carboxylic acids is 1. The molecule has 2 aromatic carbocycles. The van der Waals surface area contributed by atoms with Crippen molar-refractivity contribution in [3.63, 3.8) is 0 Å². The van der Waals surface area contributed by atoms with E-state index in [1.165, 1.54) is 34.8 Å². The van der Waals surface area contributed by atoms with E-state index < -0.39 is 134 Å². The van der Waals surface area contributed by atoms with Crippen LogP contribution in [0.1, 0.15) is 59.1 Å². The van der Waals surface area contributed by atoms with E-state index in [2.05, 4.69) is 5.32 Å². The van der Waals surface area contributed by atoms with Gasteiger partial charge >= 0.3 is 0 Å². The molecule has 0 aromatic heterocycles. The third kappa shape index (κ3) is 12.2. The second-order valence-electron chi connectivity index (χ2n) is 17.4. The predicted octanol–water partition coefficient (Wildman–Crippen LogP) is -0.250. The smallest absolute Gasteiger partial charge is 0.223 e. The Morgan fingerprint density at radius 2 is 1.00 bits per heavy atom. The van der Waals surface area contributed by atoms with Crippen LogP contribution in [0.4, 0.5) is 0 Å². The summed E-state index contributed by atoms with van der Waals surface area (Å²) in [5, 5.41) is 81.2. The Labute approximate surface area is 367 Å². The summed E-state index contributed by atoms with van der Waals surface area (Å²) in [5.74, 6) is -0.458. The van der Waals surface area contributed by atoms with Gasteiger partial charge in [-0.05, 0) is 52.7 Å². The van der Waals surface area contributed by atoms with Gasteiger partial charge in [-0.15, -0.1) is 0 Å². The topological polar surface area (TPSA) is 263 Å². The summed E-state index contributed by atoms with van der Waals surface area (Å²) >= 11 is 0. The number of rotatable bonds is 16. The Morgan fingerprint density at radius 3 is 1.51 bits per heavy atom. The monoisotopic (exact) mass is 895 g/mol. The molecule has 19 nitrogen and oxygen atoms in total. The number of carbonyl (C=O) groups is 1. The molecule has 0 radical (unpaired) electrons. The molecule has 19 heteroatoms. The van der Waals surface area contributed by atoms with Gasteiger partial charge in [0.1, 0.15) is 67.1 Å². The lowest BCUT2D eigenvalue weighted by atomic mass is 9.94. The molecule has 0 saturated carbocycles. The van der Waals surface area contributed by atoms with Crippen LogP contribution >= 0.6 is 0 Å². The Bertz CT molecular complexity index is 1710. The van der Waals surface area contributed by atoms with Gasteiger partial charge in [-0.3, -0.25) is 4.79 Å². The molecular weight excluding hydrogens is 830 g/mol. The summed E-state index contributed by atoms with van der Waals surface area (Å²) in [5.41, 5.74) is 0.342. The largest absolute Gasteiger partial charge is 0.390 e. The van der Waals surface area contributed by atoms with E-state index in [0.717, 1.165) is 11.1 Å². The number of benzene rings is 2. The zero-order chi connectivity index (χ0) is 45.7. The van der Waals surface area contributed by atoms with Gasteiger partial charge in [-0.2, -0.15) is 0 Å². The van der Waals surface area contributed by atoms with E-state index >= 15 is 0 Å². The fourth-order valence-corrected chi connectivity index (χ4v) is 8.19. The molecule has 4 aliphatic rings. The summed E-state index contributed by atoms with van der Waals surface area (Å²) in [7, 11) is 1.39. The molecular formula is C44H65NO18. The van der Waals surface area contributed by atoms with E-state index in [1.54, 1.807) is 13.8 Å². The van der Waals surface area contributed by atoms with Crippen LogP contribution < -0.4 is 5.32 Å². The predicted molar refractivity (Wildman–Crippen MR) is 218 cm³/mol. The first-order chi connectivity index (χ1) is 29.9. The van der Waals surface area contributed by atoms with Crippen LogP contribution in [-0.2, 0) is 65.4 Å². The van der Waals surface area contributed by atoms with Gasteiger partial charge in [0.15, 0.2) is 25.2 Å². The quantitative estimate of drug-likeness (QED) is 0.108. The van der Waals surface area contributed by atoms with Crippen molar-refractivity contribution in [2.24, 2.45) is 0 Å². The minimum absolute atomic E-state index is 0.0670. The van der Waals surface area contributed by atoms with Crippen LogP contribution in [-0.4, -0.2) is 177 Å². The highest BCUT2D eigenvalue weighted by Crippen LogP contribution is 2.36. The SMILES string of the molecule is CO[C@H]1[C@H](O[C@@H]2[C@@H](O)[C@H](C)O[C@@H](O[C@@H]3[C@@H](O)[C@H](C)O[C@@H](O[C@H]4[C@H](OCc5ccccc5)O[C@@H](C)[C@H](O)[C@H]4O)[C@@H]3O)[C@@H]2O)O[C@H](C)[C@@H](NC(=O)CC(C)(C)O)[C@@H]1OCc1ccccc1. The zero-order valence-corrected chi connectivity index (χ0v) is 36.6. The van der Waals surface area contributed by atoms with Crippen LogP contribution in [0.25, 0.3) is 0 Å². The number of aliphatic hydroxyl groups is 7. The standard InChI is InChI=1S/C44H65NO18/c1-21-28(45-27(46)18-44(5,6)53)35(55-19-25-14-10-8-11-15-25)39(54-7)43(57-21)62-37-31(49)24(4)58-40(34(37)52)61-36-30(48)23(3)59-41(33(36)51)63-38-32(50)29(47)22(2)60-42(38)56-20-26-16-12-9-13-17-26/h8-17,21-24,28-43,47-53H,18-20H2,1-7H3,(H,45,46)/t21-,22+,23+,24+,28-,29+,30+,31+,32-,33-,34-,35+,36-,37-,38-,39-,40+,41+,42-,43+/m1/s1. The Morgan fingerprint density at radius 1 is 0.556 bits per heavy atom. The van der Waals surface area contributed by atoms with Crippen LogP contribution in [0.5, 0.6) is 0 Å². The highest BCUT2D eigenvalue weighted by atomic mass is 16.8. The summed E-state index contributed by atoms with van der Waals surface area (Å²) in [6, 6.07) is 17.7. The fraction of sp³-hybridized carbons (Fsp3) is 0.705. The number of ether oxygens (including phenoxy) is 10. The summed E-state index contributed by atoms with van der Waals surface area (Å²) in [4.78, 5) is 13.1.